The molecule has 0 radical (unpaired) electrons. The molecule has 1 atom stereocenters. The molecule has 112 valence electrons. The number of carbonyl (C=O) groups is 1. The minimum Gasteiger partial charge on any atom is -0.388 e. The number of halogens is 3. The highest BCUT2D eigenvalue weighted by Gasteiger charge is 2.31. The Balaban J connectivity index is 2.83. The Kier molecular flexibility index (Phi) is 5.47. The smallest absolute Gasteiger partial charge is 0.388 e. The lowest BCUT2D eigenvalue weighted by atomic mass is 10.0. The Hall–Kier alpha value is -1.21. The molecule has 7 heteroatoms. The van der Waals surface area contributed by atoms with Gasteiger partial charge in [-0.05, 0) is 37.2 Å². The van der Waals surface area contributed by atoms with Gasteiger partial charge in [0.25, 0.3) is 5.91 Å². The van der Waals surface area contributed by atoms with Crippen molar-refractivity contribution in [1.82, 2.24) is 5.32 Å². The number of amides is 1. The van der Waals surface area contributed by atoms with Crippen molar-refractivity contribution >= 4 is 17.7 Å². The number of rotatable bonds is 5. The van der Waals surface area contributed by atoms with Gasteiger partial charge in [-0.25, -0.2) is 0 Å². The van der Waals surface area contributed by atoms with Gasteiger partial charge in [0.1, 0.15) is 0 Å². The molecule has 0 saturated heterocycles. The molecule has 0 aliphatic heterocycles. The van der Waals surface area contributed by atoms with E-state index in [0.29, 0.717) is 6.42 Å². The number of benzene rings is 1. The number of hydrogen-bond acceptors (Lipinski definition) is 3. The van der Waals surface area contributed by atoms with E-state index in [9.17, 15) is 23.1 Å². The van der Waals surface area contributed by atoms with Crippen molar-refractivity contribution in [3.05, 3.63) is 29.8 Å². The molecule has 1 aromatic rings. The van der Waals surface area contributed by atoms with Crippen molar-refractivity contribution in [2.75, 3.05) is 6.54 Å². The van der Waals surface area contributed by atoms with E-state index in [2.05, 4.69) is 5.32 Å². The molecular formula is C13H16F3NO2S. The lowest BCUT2D eigenvalue weighted by Gasteiger charge is -2.22. The first-order chi connectivity index (χ1) is 9.14. The van der Waals surface area contributed by atoms with Crippen LogP contribution in [0.2, 0.25) is 0 Å². The van der Waals surface area contributed by atoms with Gasteiger partial charge in [-0.2, -0.15) is 13.2 Å². The van der Waals surface area contributed by atoms with Gasteiger partial charge in [-0.1, -0.05) is 19.1 Å². The number of hydrogen-bond donors (Lipinski definition) is 2. The number of thioether (sulfide) groups is 1. The normalized spacial score (nSPS) is 14.7. The summed E-state index contributed by atoms with van der Waals surface area (Å²) in [6.07, 6.45) is 0.423. The Morgan fingerprint density at radius 2 is 1.95 bits per heavy atom. The summed E-state index contributed by atoms with van der Waals surface area (Å²) in [7, 11) is 0. The molecule has 0 aromatic heterocycles. The van der Waals surface area contributed by atoms with E-state index in [0.717, 1.165) is 0 Å². The summed E-state index contributed by atoms with van der Waals surface area (Å²) in [6.45, 7) is 3.27. The third kappa shape index (κ3) is 5.42. The van der Waals surface area contributed by atoms with Gasteiger partial charge in [0.2, 0.25) is 0 Å². The molecular weight excluding hydrogens is 291 g/mol. The molecule has 2 N–H and O–H groups in total. The number of nitrogens with one attached hydrogen (secondary N) is 1. The summed E-state index contributed by atoms with van der Waals surface area (Å²) < 4.78 is 37.2. The highest BCUT2D eigenvalue weighted by molar-refractivity contribution is 8.00. The van der Waals surface area contributed by atoms with Gasteiger partial charge >= 0.3 is 5.51 Å². The van der Waals surface area contributed by atoms with Crippen LogP contribution in [-0.2, 0) is 0 Å². The van der Waals surface area contributed by atoms with Gasteiger partial charge in [0.05, 0.1) is 11.2 Å². The predicted molar refractivity (Wildman–Crippen MR) is 71.6 cm³/mol. The molecule has 1 rings (SSSR count). The molecule has 0 aliphatic rings. The third-order valence-electron chi connectivity index (χ3n) is 2.75. The van der Waals surface area contributed by atoms with Crippen LogP contribution in [0.25, 0.3) is 0 Å². The van der Waals surface area contributed by atoms with Crippen LogP contribution < -0.4 is 5.32 Å². The van der Waals surface area contributed by atoms with E-state index in [-0.39, 0.29) is 28.8 Å². The van der Waals surface area contributed by atoms with Crippen molar-refractivity contribution < 1.29 is 23.1 Å². The van der Waals surface area contributed by atoms with E-state index < -0.39 is 17.0 Å². The summed E-state index contributed by atoms with van der Waals surface area (Å²) >= 11 is -0.329. The van der Waals surface area contributed by atoms with Gasteiger partial charge in [0, 0.05) is 11.4 Å². The van der Waals surface area contributed by atoms with Crippen LogP contribution >= 0.6 is 11.8 Å². The molecule has 0 fully saturated rings. The standard InChI is InChI=1S/C13H16F3NO2S/c1-3-12(2,19)8-17-11(18)9-6-4-5-7-10(9)20-13(14,15)16/h4-7,19H,3,8H2,1-2H3,(H,17,18). The van der Waals surface area contributed by atoms with Crippen molar-refractivity contribution in [1.29, 1.82) is 0 Å². The molecule has 20 heavy (non-hydrogen) atoms. The van der Waals surface area contributed by atoms with Crippen LogP contribution in [0.15, 0.2) is 29.2 Å². The summed E-state index contributed by atoms with van der Waals surface area (Å²) in [5, 5.41) is 12.2. The monoisotopic (exact) mass is 307 g/mol. The Labute approximate surface area is 119 Å². The molecule has 1 aromatic carbocycles. The SMILES string of the molecule is CCC(C)(O)CNC(=O)c1ccccc1SC(F)(F)F. The third-order valence-corrected chi connectivity index (χ3v) is 3.56. The predicted octanol–water partition coefficient (Wildman–Crippen LogP) is 3.19. The second-order valence-corrected chi connectivity index (χ2v) is 5.68. The maximum absolute atomic E-state index is 12.4. The Morgan fingerprint density at radius 3 is 2.50 bits per heavy atom. The Bertz CT molecular complexity index is 475. The van der Waals surface area contributed by atoms with Gasteiger partial charge in [0.15, 0.2) is 0 Å². The van der Waals surface area contributed by atoms with E-state index in [1.165, 1.54) is 24.3 Å². The summed E-state index contributed by atoms with van der Waals surface area (Å²) in [6, 6.07) is 5.50. The zero-order valence-electron chi connectivity index (χ0n) is 11.1. The largest absolute Gasteiger partial charge is 0.446 e. The van der Waals surface area contributed by atoms with Crippen LogP contribution in [0, 0.1) is 0 Å². The molecule has 1 amide bonds. The van der Waals surface area contributed by atoms with Crippen molar-refractivity contribution in [2.24, 2.45) is 0 Å². The minimum absolute atomic E-state index is 0.0205. The van der Waals surface area contributed by atoms with E-state index in [1.807, 2.05) is 0 Å². The fourth-order valence-electron chi connectivity index (χ4n) is 1.36. The number of carbonyl (C=O) groups excluding carboxylic acids is 1. The van der Waals surface area contributed by atoms with E-state index >= 15 is 0 Å². The highest BCUT2D eigenvalue weighted by atomic mass is 32.2. The van der Waals surface area contributed by atoms with Crippen LogP contribution in [0.5, 0.6) is 0 Å². The average Bonchev–Trinajstić information content (AvgIpc) is 2.35. The first-order valence-electron chi connectivity index (χ1n) is 6.00. The zero-order chi connectivity index (χ0) is 15.4. The Morgan fingerprint density at radius 1 is 1.35 bits per heavy atom. The average molecular weight is 307 g/mol. The maximum Gasteiger partial charge on any atom is 0.446 e. The van der Waals surface area contributed by atoms with Crippen LogP contribution in [0.1, 0.15) is 30.6 Å². The maximum atomic E-state index is 12.4. The second-order valence-electron chi connectivity index (χ2n) is 4.58. The lowest BCUT2D eigenvalue weighted by Crippen LogP contribution is -2.40. The fourth-order valence-corrected chi connectivity index (χ4v) is 2.03. The topological polar surface area (TPSA) is 49.3 Å². The van der Waals surface area contributed by atoms with Gasteiger partial charge in [-0.3, -0.25) is 4.79 Å². The van der Waals surface area contributed by atoms with Crippen LogP contribution in [0.4, 0.5) is 13.2 Å². The molecule has 1 unspecified atom stereocenters. The molecule has 0 spiro atoms. The first-order valence-corrected chi connectivity index (χ1v) is 6.81. The molecule has 0 bridgehead atoms. The molecule has 0 aliphatic carbocycles. The van der Waals surface area contributed by atoms with Gasteiger partial charge in [-0.15, -0.1) is 0 Å². The molecule has 0 heterocycles. The molecule has 0 saturated carbocycles. The van der Waals surface area contributed by atoms with Crippen molar-refractivity contribution in [3.8, 4) is 0 Å². The summed E-state index contributed by atoms with van der Waals surface area (Å²) in [5.41, 5.74) is -5.59. The van der Waals surface area contributed by atoms with E-state index in [1.54, 1.807) is 13.8 Å². The quantitative estimate of drug-likeness (QED) is 0.821. The lowest BCUT2D eigenvalue weighted by molar-refractivity contribution is -0.0328. The van der Waals surface area contributed by atoms with Crippen LogP contribution in [0.3, 0.4) is 0 Å². The fraction of sp³-hybridized carbons (Fsp3) is 0.462. The van der Waals surface area contributed by atoms with Gasteiger partial charge < -0.3 is 10.4 Å². The first kappa shape index (κ1) is 16.8. The minimum atomic E-state index is -4.45. The second kappa shape index (κ2) is 6.49. The highest BCUT2D eigenvalue weighted by Crippen LogP contribution is 2.38. The van der Waals surface area contributed by atoms with Crippen molar-refractivity contribution in [3.63, 3.8) is 0 Å². The van der Waals surface area contributed by atoms with Crippen molar-refractivity contribution in [2.45, 2.75) is 36.3 Å². The summed E-state index contributed by atoms with van der Waals surface area (Å²) in [4.78, 5) is 11.8. The summed E-state index contributed by atoms with van der Waals surface area (Å²) in [5.74, 6) is -0.633. The number of alkyl halides is 3. The van der Waals surface area contributed by atoms with E-state index in [4.69, 9.17) is 0 Å². The molecule has 3 nitrogen and oxygen atoms in total. The number of aliphatic hydroxyl groups is 1. The zero-order valence-corrected chi connectivity index (χ0v) is 11.9. The van der Waals surface area contributed by atoms with Crippen LogP contribution in [-0.4, -0.2) is 28.7 Å².